The third kappa shape index (κ3) is 4.32. The molecule has 1 N–H and O–H groups in total. The van der Waals surface area contributed by atoms with E-state index in [0.29, 0.717) is 13.1 Å². The Balaban J connectivity index is 0. The van der Waals surface area contributed by atoms with Crippen molar-refractivity contribution in [3.05, 3.63) is 0 Å². The van der Waals surface area contributed by atoms with Gasteiger partial charge in [0.15, 0.2) is 0 Å². The molecule has 0 aromatic rings. The molecule has 0 aliphatic rings. The molecule has 0 bridgehead atoms. The van der Waals surface area contributed by atoms with Gasteiger partial charge in [0.25, 0.3) is 0 Å². The summed E-state index contributed by atoms with van der Waals surface area (Å²) < 4.78 is 0. The molecule has 0 rings (SSSR count). The van der Waals surface area contributed by atoms with Crippen LogP contribution in [0.4, 0.5) is 4.79 Å². The summed E-state index contributed by atoms with van der Waals surface area (Å²) in [5, 5.41) is 8.30. The first kappa shape index (κ1) is 11.6. The zero-order chi connectivity index (χ0) is 6.57. The fraction of sp³-hybridized carbons (Fsp3) is 0.800. The molecule has 0 fully saturated rings. The van der Waals surface area contributed by atoms with E-state index in [2.05, 4.69) is 0 Å². The van der Waals surface area contributed by atoms with Crippen LogP contribution in [0.1, 0.15) is 13.8 Å². The van der Waals surface area contributed by atoms with Crippen LogP contribution in [-0.2, 0) is 17.4 Å². The van der Waals surface area contributed by atoms with E-state index in [4.69, 9.17) is 5.11 Å². The van der Waals surface area contributed by atoms with Gasteiger partial charge < -0.3 is 10.0 Å². The number of hydrogen-bond donors (Lipinski definition) is 1. The summed E-state index contributed by atoms with van der Waals surface area (Å²) in [6, 6.07) is 0. The third-order valence-electron chi connectivity index (χ3n) is 1.03. The van der Waals surface area contributed by atoms with Crippen LogP contribution in [0.5, 0.6) is 0 Å². The van der Waals surface area contributed by atoms with Crippen LogP contribution in [0.3, 0.4) is 0 Å². The van der Waals surface area contributed by atoms with Gasteiger partial charge in [0, 0.05) is 30.5 Å². The summed E-state index contributed by atoms with van der Waals surface area (Å²) in [6.45, 7) is 4.78. The number of carbonyl (C=O) groups is 1. The molecule has 0 heterocycles. The molecule has 0 saturated heterocycles. The van der Waals surface area contributed by atoms with E-state index in [1.54, 1.807) is 0 Å². The van der Waals surface area contributed by atoms with E-state index in [1.165, 1.54) is 4.90 Å². The Morgan fingerprint density at radius 1 is 1.44 bits per heavy atom. The molecule has 54 valence electrons. The fourth-order valence-corrected chi connectivity index (χ4v) is 0.494. The van der Waals surface area contributed by atoms with E-state index in [9.17, 15) is 4.79 Å². The largest absolute Gasteiger partial charge is 0.465 e. The van der Waals surface area contributed by atoms with Gasteiger partial charge in [-0.25, -0.2) is 4.79 Å². The average Bonchev–Trinajstić information content (AvgIpc) is 1.69. The quantitative estimate of drug-likeness (QED) is 0.670. The maximum atomic E-state index is 10.1. The van der Waals surface area contributed by atoms with Gasteiger partial charge in [-0.1, -0.05) is 0 Å². The topological polar surface area (TPSA) is 40.5 Å². The molecule has 3 nitrogen and oxygen atoms in total. The van der Waals surface area contributed by atoms with Crippen molar-refractivity contribution in [3.8, 4) is 0 Å². The van der Waals surface area contributed by atoms with Gasteiger partial charge in [-0.2, -0.15) is 0 Å². The molecule has 0 saturated carbocycles. The van der Waals surface area contributed by atoms with Crippen LogP contribution in [0.15, 0.2) is 0 Å². The summed E-state index contributed by atoms with van der Waals surface area (Å²) in [5.74, 6) is 0. The molecular weight excluding hydrogens is 158 g/mol. The second-order valence-electron chi connectivity index (χ2n) is 1.45. The number of carboxylic acid groups (broad SMARTS) is 1. The molecule has 0 atom stereocenters. The summed E-state index contributed by atoms with van der Waals surface area (Å²) in [6.07, 6.45) is -0.838. The monoisotopic (exact) mass is 169 g/mol. The van der Waals surface area contributed by atoms with Crippen LogP contribution in [0, 0.1) is 0 Å². The summed E-state index contributed by atoms with van der Waals surface area (Å²) in [5.41, 5.74) is 0. The summed E-state index contributed by atoms with van der Waals surface area (Å²) >= 11 is 0. The summed E-state index contributed by atoms with van der Waals surface area (Å²) in [4.78, 5) is 11.4. The molecule has 0 radical (unpaired) electrons. The molecule has 1 amide bonds. The molecule has 0 aromatic heterocycles. The fourth-order valence-electron chi connectivity index (χ4n) is 0.494. The molecule has 0 aliphatic heterocycles. The van der Waals surface area contributed by atoms with Gasteiger partial charge in [-0.05, 0) is 13.8 Å². The van der Waals surface area contributed by atoms with Crippen molar-refractivity contribution in [1.29, 1.82) is 0 Å². The Hall–Kier alpha value is -0.198. The molecular formula is C5H11CrNO2. The smallest absolute Gasteiger partial charge is 0.407 e. The summed E-state index contributed by atoms with van der Waals surface area (Å²) in [7, 11) is 0. The van der Waals surface area contributed by atoms with Crippen LogP contribution in [0.2, 0.25) is 0 Å². The van der Waals surface area contributed by atoms with Crippen LogP contribution in [0.25, 0.3) is 0 Å². The van der Waals surface area contributed by atoms with Crippen molar-refractivity contribution in [2.24, 2.45) is 0 Å². The Kier molecular flexibility index (Phi) is 7.63. The van der Waals surface area contributed by atoms with E-state index in [0.717, 1.165) is 0 Å². The number of hydrogen-bond acceptors (Lipinski definition) is 1. The van der Waals surface area contributed by atoms with E-state index in [1.807, 2.05) is 13.8 Å². The van der Waals surface area contributed by atoms with Gasteiger partial charge >= 0.3 is 6.09 Å². The van der Waals surface area contributed by atoms with E-state index < -0.39 is 6.09 Å². The van der Waals surface area contributed by atoms with Crippen molar-refractivity contribution >= 4 is 6.09 Å². The zero-order valence-electron chi connectivity index (χ0n) is 5.63. The second kappa shape index (κ2) is 5.93. The first-order chi connectivity index (χ1) is 3.72. The van der Waals surface area contributed by atoms with Gasteiger partial charge in [0.2, 0.25) is 0 Å². The SMILES string of the molecule is CCN(CC)C(=O)O.[Cr]. The molecule has 0 spiro atoms. The standard InChI is InChI=1S/C5H11NO2.Cr/c1-3-6(4-2)5(7)8;/h3-4H2,1-2H3,(H,7,8);. The van der Waals surface area contributed by atoms with Crippen LogP contribution < -0.4 is 0 Å². The minimum absolute atomic E-state index is 0. The Morgan fingerprint density at radius 2 is 1.78 bits per heavy atom. The molecule has 0 aromatic carbocycles. The van der Waals surface area contributed by atoms with E-state index in [-0.39, 0.29) is 17.4 Å². The van der Waals surface area contributed by atoms with Crippen molar-refractivity contribution < 1.29 is 27.3 Å². The van der Waals surface area contributed by atoms with Crippen LogP contribution in [-0.4, -0.2) is 29.2 Å². The van der Waals surface area contributed by atoms with Crippen molar-refractivity contribution in [2.75, 3.05) is 13.1 Å². The normalized spacial score (nSPS) is 7.78. The second-order valence-corrected chi connectivity index (χ2v) is 1.45. The Bertz CT molecular complexity index is 83.0. The zero-order valence-corrected chi connectivity index (χ0v) is 6.90. The Labute approximate surface area is 65.8 Å². The minimum atomic E-state index is -0.838. The molecule has 9 heavy (non-hydrogen) atoms. The van der Waals surface area contributed by atoms with Gasteiger partial charge in [-0.3, -0.25) is 0 Å². The predicted octanol–water partition coefficient (Wildman–Crippen LogP) is 1.00. The number of amides is 1. The molecule has 0 aliphatic carbocycles. The third-order valence-corrected chi connectivity index (χ3v) is 1.03. The number of nitrogens with zero attached hydrogens (tertiary/aromatic N) is 1. The van der Waals surface area contributed by atoms with Gasteiger partial charge in [0.1, 0.15) is 0 Å². The average molecular weight is 169 g/mol. The maximum absolute atomic E-state index is 10.1. The van der Waals surface area contributed by atoms with Gasteiger partial charge in [-0.15, -0.1) is 0 Å². The van der Waals surface area contributed by atoms with Gasteiger partial charge in [0.05, 0.1) is 0 Å². The molecule has 0 unspecified atom stereocenters. The number of rotatable bonds is 2. The minimum Gasteiger partial charge on any atom is -0.465 e. The maximum Gasteiger partial charge on any atom is 0.407 e. The first-order valence-electron chi connectivity index (χ1n) is 2.70. The Morgan fingerprint density at radius 3 is 1.78 bits per heavy atom. The molecule has 4 heteroatoms. The van der Waals surface area contributed by atoms with Crippen LogP contribution >= 0.6 is 0 Å². The van der Waals surface area contributed by atoms with E-state index >= 15 is 0 Å². The van der Waals surface area contributed by atoms with Crippen molar-refractivity contribution in [2.45, 2.75) is 13.8 Å². The van der Waals surface area contributed by atoms with Crippen molar-refractivity contribution in [1.82, 2.24) is 4.90 Å². The predicted molar refractivity (Wildman–Crippen MR) is 30.9 cm³/mol. The van der Waals surface area contributed by atoms with Crippen molar-refractivity contribution in [3.63, 3.8) is 0 Å². The first-order valence-corrected chi connectivity index (χ1v) is 2.70.